The minimum atomic E-state index is -0.00925. The normalized spacial score (nSPS) is 11.2. The second-order valence-corrected chi connectivity index (χ2v) is 6.92. The van der Waals surface area contributed by atoms with E-state index in [0.29, 0.717) is 17.1 Å². The molecule has 102 valence electrons. The van der Waals surface area contributed by atoms with Gasteiger partial charge in [-0.15, -0.1) is 11.3 Å². The smallest absolute Gasteiger partial charge is 0.223 e. The Morgan fingerprint density at radius 3 is 2.74 bits per heavy atom. The van der Waals surface area contributed by atoms with Crippen LogP contribution >= 0.6 is 43.2 Å². The summed E-state index contributed by atoms with van der Waals surface area (Å²) < 4.78 is 3.31. The summed E-state index contributed by atoms with van der Waals surface area (Å²) in [5.74, 6) is -0.00925. The molecule has 0 unspecified atom stereocenters. The van der Waals surface area contributed by atoms with Gasteiger partial charge in [-0.25, -0.2) is 0 Å². The van der Waals surface area contributed by atoms with Gasteiger partial charge in [0.1, 0.15) is 5.69 Å². The lowest BCUT2D eigenvalue weighted by Crippen LogP contribution is -2.21. The number of halogens is 2. The maximum Gasteiger partial charge on any atom is 0.223 e. The lowest BCUT2D eigenvalue weighted by molar-refractivity contribution is 0.103. The number of carbonyl (C=O) groups is 1. The lowest BCUT2D eigenvalue weighted by atomic mass is 10.2. The van der Waals surface area contributed by atoms with Gasteiger partial charge in [-0.3, -0.25) is 9.48 Å². The molecule has 0 aromatic carbocycles. The van der Waals surface area contributed by atoms with Crippen LogP contribution in [-0.4, -0.2) is 41.1 Å². The molecule has 19 heavy (non-hydrogen) atoms. The van der Waals surface area contributed by atoms with Gasteiger partial charge in [-0.2, -0.15) is 5.10 Å². The summed E-state index contributed by atoms with van der Waals surface area (Å²) in [6.07, 6.45) is 1.67. The van der Waals surface area contributed by atoms with E-state index in [-0.39, 0.29) is 5.78 Å². The van der Waals surface area contributed by atoms with Gasteiger partial charge in [0.25, 0.3) is 0 Å². The number of ketones is 1. The van der Waals surface area contributed by atoms with Gasteiger partial charge in [-0.1, -0.05) is 0 Å². The number of likely N-dealkylation sites (N-methyl/N-ethyl adjacent to an activating group) is 1. The van der Waals surface area contributed by atoms with E-state index in [1.807, 2.05) is 25.5 Å². The Balaban J connectivity index is 2.31. The van der Waals surface area contributed by atoms with Crippen LogP contribution < -0.4 is 0 Å². The quantitative estimate of drug-likeness (QED) is 0.715. The number of hydrogen-bond donors (Lipinski definition) is 0. The standard InChI is InChI=1S/C12H13Br2N3OS/c1-16(2)4-5-17-10(9(14)7-15-17)11(18)12-8(13)3-6-19-12/h3,6-7H,4-5H2,1-2H3. The molecule has 0 fully saturated rings. The van der Waals surface area contributed by atoms with Crippen molar-refractivity contribution in [3.63, 3.8) is 0 Å². The molecule has 0 bridgehead atoms. The van der Waals surface area contributed by atoms with Crippen molar-refractivity contribution >= 4 is 49.0 Å². The third-order valence-corrected chi connectivity index (χ3v) is 5.01. The van der Waals surface area contributed by atoms with Gasteiger partial charge in [0.05, 0.1) is 22.1 Å². The van der Waals surface area contributed by atoms with Crippen molar-refractivity contribution in [2.24, 2.45) is 0 Å². The molecule has 2 aromatic rings. The van der Waals surface area contributed by atoms with E-state index in [9.17, 15) is 4.79 Å². The Morgan fingerprint density at radius 2 is 2.16 bits per heavy atom. The highest BCUT2D eigenvalue weighted by molar-refractivity contribution is 9.11. The van der Waals surface area contributed by atoms with E-state index in [0.717, 1.165) is 15.5 Å². The topological polar surface area (TPSA) is 38.1 Å². The van der Waals surface area contributed by atoms with Crippen molar-refractivity contribution < 1.29 is 4.79 Å². The molecule has 0 aliphatic heterocycles. The highest BCUT2D eigenvalue weighted by Gasteiger charge is 2.21. The Morgan fingerprint density at radius 1 is 1.42 bits per heavy atom. The number of rotatable bonds is 5. The van der Waals surface area contributed by atoms with Gasteiger partial charge in [-0.05, 0) is 57.4 Å². The van der Waals surface area contributed by atoms with Crippen molar-refractivity contribution in [3.8, 4) is 0 Å². The summed E-state index contributed by atoms with van der Waals surface area (Å²) in [7, 11) is 3.99. The predicted octanol–water partition coefficient (Wildman–Crippen LogP) is 3.26. The number of nitrogens with zero attached hydrogens (tertiary/aromatic N) is 3. The van der Waals surface area contributed by atoms with E-state index in [1.165, 1.54) is 11.3 Å². The summed E-state index contributed by atoms with van der Waals surface area (Å²) in [6, 6.07) is 1.88. The van der Waals surface area contributed by atoms with Crippen molar-refractivity contribution in [1.82, 2.24) is 14.7 Å². The molecule has 0 aliphatic carbocycles. The Labute approximate surface area is 132 Å². The zero-order valence-electron chi connectivity index (χ0n) is 10.6. The summed E-state index contributed by atoms with van der Waals surface area (Å²) in [4.78, 5) is 15.3. The first-order valence-corrected chi connectivity index (χ1v) is 8.11. The zero-order chi connectivity index (χ0) is 14.0. The van der Waals surface area contributed by atoms with Crippen LogP contribution in [0.15, 0.2) is 26.6 Å². The predicted molar refractivity (Wildman–Crippen MR) is 83.9 cm³/mol. The molecule has 0 N–H and O–H groups in total. The van der Waals surface area contributed by atoms with Gasteiger partial charge in [0.2, 0.25) is 5.78 Å². The maximum atomic E-state index is 12.6. The molecule has 0 spiro atoms. The molecule has 0 atom stereocenters. The van der Waals surface area contributed by atoms with Gasteiger partial charge < -0.3 is 4.90 Å². The minimum absolute atomic E-state index is 0.00925. The summed E-state index contributed by atoms with van der Waals surface area (Å²) in [5, 5.41) is 6.15. The van der Waals surface area contributed by atoms with E-state index in [1.54, 1.807) is 10.9 Å². The average Bonchev–Trinajstić information content (AvgIpc) is 2.92. The summed E-state index contributed by atoms with van der Waals surface area (Å²) in [6.45, 7) is 1.52. The van der Waals surface area contributed by atoms with Crippen LogP contribution in [0, 0.1) is 0 Å². The highest BCUT2D eigenvalue weighted by Crippen LogP contribution is 2.28. The van der Waals surface area contributed by atoms with E-state index in [4.69, 9.17) is 0 Å². The highest BCUT2D eigenvalue weighted by atomic mass is 79.9. The first kappa shape index (κ1) is 14.9. The molecule has 2 aromatic heterocycles. The zero-order valence-corrected chi connectivity index (χ0v) is 14.5. The molecule has 0 amide bonds. The number of hydrogen-bond acceptors (Lipinski definition) is 4. The monoisotopic (exact) mass is 405 g/mol. The molecule has 0 radical (unpaired) electrons. The SMILES string of the molecule is CN(C)CCn1ncc(Br)c1C(=O)c1sccc1Br. The molecule has 7 heteroatoms. The van der Waals surface area contributed by atoms with Crippen LogP contribution in [0.1, 0.15) is 15.4 Å². The first-order valence-electron chi connectivity index (χ1n) is 5.64. The third kappa shape index (κ3) is 3.34. The minimum Gasteiger partial charge on any atom is -0.308 e. The fraction of sp³-hybridized carbons (Fsp3) is 0.333. The Bertz CT molecular complexity index is 592. The molecule has 0 saturated heterocycles. The van der Waals surface area contributed by atoms with Crippen LogP contribution in [0.2, 0.25) is 0 Å². The number of thiophene rings is 1. The van der Waals surface area contributed by atoms with Crippen molar-refractivity contribution in [2.75, 3.05) is 20.6 Å². The molecule has 2 heterocycles. The van der Waals surface area contributed by atoms with Gasteiger partial charge >= 0.3 is 0 Å². The van der Waals surface area contributed by atoms with Crippen molar-refractivity contribution in [1.29, 1.82) is 0 Å². The van der Waals surface area contributed by atoms with Crippen LogP contribution in [-0.2, 0) is 6.54 Å². The number of aromatic nitrogens is 2. The van der Waals surface area contributed by atoms with Gasteiger partial charge in [0, 0.05) is 11.0 Å². The maximum absolute atomic E-state index is 12.6. The first-order chi connectivity index (χ1) is 9.00. The fourth-order valence-corrected chi connectivity index (χ4v) is 3.58. The second-order valence-electron chi connectivity index (χ2n) is 4.29. The number of carbonyl (C=O) groups excluding carboxylic acids is 1. The van der Waals surface area contributed by atoms with E-state index >= 15 is 0 Å². The van der Waals surface area contributed by atoms with Crippen LogP contribution in [0.5, 0.6) is 0 Å². The van der Waals surface area contributed by atoms with Gasteiger partial charge in [0.15, 0.2) is 0 Å². The molecule has 4 nitrogen and oxygen atoms in total. The van der Waals surface area contributed by atoms with E-state index in [2.05, 4.69) is 41.9 Å². The third-order valence-electron chi connectivity index (χ3n) is 2.59. The van der Waals surface area contributed by atoms with Crippen LogP contribution in [0.3, 0.4) is 0 Å². The lowest BCUT2D eigenvalue weighted by Gasteiger charge is -2.11. The molecular formula is C12H13Br2N3OS. The fourth-order valence-electron chi connectivity index (χ4n) is 1.62. The molecular weight excluding hydrogens is 394 g/mol. The van der Waals surface area contributed by atoms with Crippen LogP contribution in [0.4, 0.5) is 0 Å². The van der Waals surface area contributed by atoms with Crippen LogP contribution in [0.25, 0.3) is 0 Å². The Hall–Kier alpha value is -0.500. The average molecular weight is 407 g/mol. The molecule has 0 aliphatic rings. The summed E-state index contributed by atoms with van der Waals surface area (Å²) >= 11 is 8.24. The Kier molecular flexibility index (Phi) is 4.94. The summed E-state index contributed by atoms with van der Waals surface area (Å²) in [5.41, 5.74) is 0.602. The molecule has 2 rings (SSSR count). The molecule has 0 saturated carbocycles. The van der Waals surface area contributed by atoms with Crippen molar-refractivity contribution in [3.05, 3.63) is 37.2 Å². The van der Waals surface area contributed by atoms with E-state index < -0.39 is 0 Å². The second kappa shape index (κ2) is 6.30. The van der Waals surface area contributed by atoms with Crippen molar-refractivity contribution in [2.45, 2.75) is 6.54 Å². The largest absolute Gasteiger partial charge is 0.308 e.